The van der Waals surface area contributed by atoms with Crippen LogP contribution in [0.2, 0.25) is 0 Å². The number of anilines is 1. The molecule has 1 aliphatic rings. The summed E-state index contributed by atoms with van der Waals surface area (Å²) in [6.07, 6.45) is 0.107. The van der Waals surface area contributed by atoms with Crippen LogP contribution < -0.4 is 5.32 Å². The lowest BCUT2D eigenvalue weighted by Crippen LogP contribution is -2.28. The molecule has 5 nitrogen and oxygen atoms in total. The normalized spacial score (nSPS) is 16.3. The Hall–Kier alpha value is -2.66. The number of benzene rings is 2. The summed E-state index contributed by atoms with van der Waals surface area (Å²) in [7, 11) is 0. The Kier molecular flexibility index (Phi) is 4.36. The predicted molar refractivity (Wildman–Crippen MR) is 90.3 cm³/mol. The lowest BCUT2D eigenvalue weighted by Gasteiger charge is -2.25. The number of hydrogen-bond donors (Lipinski definition) is 2. The highest BCUT2D eigenvalue weighted by molar-refractivity contribution is 5.98. The summed E-state index contributed by atoms with van der Waals surface area (Å²) < 4.78 is 5.65. The number of carbonyl (C=O) groups excluding carboxylic acids is 1. The molecule has 2 aromatic rings. The molecule has 0 aliphatic carbocycles. The number of aryl methyl sites for hydroxylation is 2. The Morgan fingerprint density at radius 1 is 1.17 bits per heavy atom. The molecule has 1 heterocycles. The van der Waals surface area contributed by atoms with Gasteiger partial charge in [-0.2, -0.15) is 0 Å². The fourth-order valence-corrected chi connectivity index (χ4v) is 3.03. The highest BCUT2D eigenvalue weighted by atomic mass is 16.5. The van der Waals surface area contributed by atoms with Crippen molar-refractivity contribution >= 4 is 17.6 Å². The Labute approximate surface area is 140 Å². The van der Waals surface area contributed by atoms with Gasteiger partial charge in [-0.05, 0) is 48.6 Å². The van der Waals surface area contributed by atoms with Gasteiger partial charge in [0.1, 0.15) is 0 Å². The predicted octanol–water partition coefficient (Wildman–Crippen LogP) is 3.25. The molecule has 0 spiro atoms. The van der Waals surface area contributed by atoms with E-state index in [0.29, 0.717) is 17.9 Å². The molecule has 24 heavy (non-hydrogen) atoms. The van der Waals surface area contributed by atoms with Gasteiger partial charge >= 0.3 is 5.97 Å². The van der Waals surface area contributed by atoms with Crippen LogP contribution in [-0.2, 0) is 16.0 Å². The molecule has 0 aromatic heterocycles. The molecule has 0 saturated heterocycles. The maximum Gasteiger partial charge on any atom is 0.336 e. The van der Waals surface area contributed by atoms with Crippen LogP contribution in [0.25, 0.3) is 0 Å². The second-order valence-corrected chi connectivity index (χ2v) is 5.98. The van der Waals surface area contributed by atoms with Crippen molar-refractivity contribution in [3.63, 3.8) is 0 Å². The molecular formula is C19H19NO4. The number of aromatic carboxylic acids is 1. The molecule has 1 amide bonds. The number of carbonyl (C=O) groups is 2. The van der Waals surface area contributed by atoms with E-state index in [4.69, 9.17) is 4.74 Å². The molecule has 2 aromatic carbocycles. The number of nitrogens with one attached hydrogen (secondary N) is 1. The van der Waals surface area contributed by atoms with Crippen molar-refractivity contribution in [2.45, 2.75) is 26.4 Å². The summed E-state index contributed by atoms with van der Waals surface area (Å²) in [5.74, 6) is -1.30. The Morgan fingerprint density at radius 3 is 2.67 bits per heavy atom. The molecule has 2 N–H and O–H groups in total. The minimum Gasteiger partial charge on any atom is -0.478 e. The maximum absolute atomic E-state index is 12.7. The maximum atomic E-state index is 12.7. The molecule has 1 atom stereocenters. The molecule has 0 bridgehead atoms. The molecule has 1 unspecified atom stereocenters. The standard InChI is InChI=1S/C19H19NO4/c1-11-9-12(2)16(10-15(11)19(22)23)20-18(21)17-14-6-4-3-5-13(14)7-8-24-17/h3-6,9-10,17H,7-8H2,1-2H3,(H,20,21)(H,22,23). The first-order chi connectivity index (χ1) is 11.5. The van der Waals surface area contributed by atoms with Crippen LogP contribution in [0.15, 0.2) is 36.4 Å². The average molecular weight is 325 g/mol. The molecule has 5 heteroatoms. The third kappa shape index (κ3) is 3.03. The van der Waals surface area contributed by atoms with Gasteiger partial charge in [-0.1, -0.05) is 30.3 Å². The monoisotopic (exact) mass is 325 g/mol. The lowest BCUT2D eigenvalue weighted by molar-refractivity contribution is -0.128. The number of hydrogen-bond acceptors (Lipinski definition) is 3. The van der Waals surface area contributed by atoms with E-state index in [1.54, 1.807) is 13.0 Å². The second kappa shape index (κ2) is 6.45. The second-order valence-electron chi connectivity index (χ2n) is 5.98. The number of carboxylic acids is 1. The van der Waals surface area contributed by atoms with E-state index in [0.717, 1.165) is 23.1 Å². The fraction of sp³-hybridized carbons (Fsp3) is 0.263. The van der Waals surface area contributed by atoms with E-state index in [-0.39, 0.29) is 11.5 Å². The van der Waals surface area contributed by atoms with Gasteiger partial charge in [0.05, 0.1) is 12.2 Å². The van der Waals surface area contributed by atoms with Crippen LogP contribution in [0.3, 0.4) is 0 Å². The van der Waals surface area contributed by atoms with Gasteiger partial charge in [-0.15, -0.1) is 0 Å². The third-order valence-corrected chi connectivity index (χ3v) is 4.29. The van der Waals surface area contributed by atoms with Gasteiger partial charge in [0.25, 0.3) is 5.91 Å². The van der Waals surface area contributed by atoms with Gasteiger partial charge in [0, 0.05) is 5.69 Å². The number of rotatable bonds is 3. The lowest BCUT2D eigenvalue weighted by atomic mass is 9.97. The molecule has 0 saturated carbocycles. The highest BCUT2D eigenvalue weighted by Crippen LogP contribution is 2.29. The number of amides is 1. The van der Waals surface area contributed by atoms with Crippen LogP contribution in [0, 0.1) is 13.8 Å². The zero-order chi connectivity index (χ0) is 17.3. The van der Waals surface area contributed by atoms with E-state index < -0.39 is 12.1 Å². The van der Waals surface area contributed by atoms with Crippen molar-refractivity contribution in [1.29, 1.82) is 0 Å². The van der Waals surface area contributed by atoms with E-state index in [1.165, 1.54) is 6.07 Å². The summed E-state index contributed by atoms with van der Waals surface area (Å²) >= 11 is 0. The van der Waals surface area contributed by atoms with E-state index in [9.17, 15) is 14.7 Å². The average Bonchev–Trinajstić information content (AvgIpc) is 2.56. The quantitative estimate of drug-likeness (QED) is 0.908. The van der Waals surface area contributed by atoms with Crippen molar-refractivity contribution < 1.29 is 19.4 Å². The summed E-state index contributed by atoms with van der Waals surface area (Å²) in [4.78, 5) is 24.0. The van der Waals surface area contributed by atoms with Gasteiger partial charge in [-0.25, -0.2) is 4.79 Å². The summed E-state index contributed by atoms with van der Waals surface area (Å²) in [6, 6.07) is 11.0. The Bertz CT molecular complexity index is 813. The number of carboxylic acid groups (broad SMARTS) is 1. The minimum atomic E-state index is -1.01. The smallest absolute Gasteiger partial charge is 0.336 e. The van der Waals surface area contributed by atoms with Crippen molar-refractivity contribution in [1.82, 2.24) is 0 Å². The SMILES string of the molecule is Cc1cc(C)c(C(=O)O)cc1NC(=O)C1OCCc2ccccc21. The Balaban J connectivity index is 1.89. The molecule has 0 radical (unpaired) electrons. The van der Waals surface area contributed by atoms with Gasteiger partial charge in [0.15, 0.2) is 6.10 Å². The van der Waals surface area contributed by atoms with Gasteiger partial charge < -0.3 is 15.2 Å². The van der Waals surface area contributed by atoms with Crippen LogP contribution in [0.5, 0.6) is 0 Å². The van der Waals surface area contributed by atoms with Crippen molar-refractivity contribution in [2.24, 2.45) is 0 Å². The van der Waals surface area contributed by atoms with Crippen molar-refractivity contribution in [3.05, 3.63) is 64.2 Å². The van der Waals surface area contributed by atoms with Gasteiger partial charge in [-0.3, -0.25) is 4.79 Å². The minimum absolute atomic E-state index is 0.181. The molecule has 124 valence electrons. The van der Waals surface area contributed by atoms with Crippen LogP contribution in [0.4, 0.5) is 5.69 Å². The van der Waals surface area contributed by atoms with Crippen molar-refractivity contribution in [3.8, 4) is 0 Å². The molecular weight excluding hydrogens is 306 g/mol. The highest BCUT2D eigenvalue weighted by Gasteiger charge is 2.27. The molecule has 0 fully saturated rings. The van der Waals surface area contributed by atoms with E-state index >= 15 is 0 Å². The summed E-state index contributed by atoms with van der Waals surface area (Å²) in [5.41, 5.74) is 4.13. The van der Waals surface area contributed by atoms with E-state index in [2.05, 4.69) is 5.32 Å². The first kappa shape index (κ1) is 16.2. The first-order valence-electron chi connectivity index (χ1n) is 7.82. The van der Waals surface area contributed by atoms with Crippen LogP contribution >= 0.6 is 0 Å². The zero-order valence-corrected chi connectivity index (χ0v) is 13.6. The first-order valence-corrected chi connectivity index (χ1v) is 7.82. The zero-order valence-electron chi connectivity index (χ0n) is 13.6. The molecule has 1 aliphatic heterocycles. The largest absolute Gasteiger partial charge is 0.478 e. The Morgan fingerprint density at radius 2 is 1.92 bits per heavy atom. The summed E-state index contributed by atoms with van der Waals surface area (Å²) in [5, 5.41) is 12.1. The summed E-state index contributed by atoms with van der Waals surface area (Å²) in [6.45, 7) is 4.06. The topological polar surface area (TPSA) is 75.6 Å². The molecule has 3 rings (SSSR count). The number of ether oxygens (including phenoxy) is 1. The van der Waals surface area contributed by atoms with Crippen molar-refractivity contribution in [2.75, 3.05) is 11.9 Å². The third-order valence-electron chi connectivity index (χ3n) is 4.29. The van der Waals surface area contributed by atoms with Gasteiger partial charge in [0.2, 0.25) is 0 Å². The van der Waals surface area contributed by atoms with Crippen LogP contribution in [0.1, 0.15) is 38.7 Å². The van der Waals surface area contributed by atoms with E-state index in [1.807, 2.05) is 31.2 Å². The van der Waals surface area contributed by atoms with Crippen LogP contribution in [-0.4, -0.2) is 23.6 Å². The fourth-order valence-electron chi connectivity index (χ4n) is 3.03. The number of fused-ring (bicyclic) bond motifs is 1.